The molecular formula is C14H23ClN2Si. The third-order valence-electron chi connectivity index (χ3n) is 3.73. The molecule has 0 bridgehead atoms. The van der Waals surface area contributed by atoms with Crippen LogP contribution in [0.25, 0.3) is 0 Å². The van der Waals surface area contributed by atoms with Crippen molar-refractivity contribution >= 4 is 24.0 Å². The van der Waals surface area contributed by atoms with E-state index in [9.17, 15) is 0 Å². The van der Waals surface area contributed by atoms with E-state index >= 15 is 0 Å². The van der Waals surface area contributed by atoms with Crippen LogP contribution in [0.2, 0.25) is 0 Å². The van der Waals surface area contributed by atoms with E-state index in [-0.39, 0.29) is 0 Å². The zero-order valence-electron chi connectivity index (χ0n) is 11.7. The van der Waals surface area contributed by atoms with Crippen LogP contribution in [0, 0.1) is 0 Å². The Morgan fingerprint density at radius 1 is 0.944 bits per heavy atom. The second-order valence-electron chi connectivity index (χ2n) is 5.53. The summed E-state index contributed by atoms with van der Waals surface area (Å²) >= 11 is 7.21. The van der Waals surface area contributed by atoms with E-state index < -0.39 is 7.71 Å². The highest BCUT2D eigenvalue weighted by Crippen LogP contribution is 2.30. The Morgan fingerprint density at radius 3 is 1.78 bits per heavy atom. The Kier molecular flexibility index (Phi) is 4.17. The molecular weight excluding hydrogens is 260 g/mol. The zero-order valence-corrected chi connectivity index (χ0v) is 13.5. The van der Waals surface area contributed by atoms with Gasteiger partial charge >= 0.3 is 7.71 Å². The first kappa shape index (κ1) is 14.1. The average Bonchev–Trinajstić information content (AvgIpc) is 2.69. The molecule has 18 heavy (non-hydrogen) atoms. The molecule has 100 valence electrons. The van der Waals surface area contributed by atoms with Crippen molar-refractivity contribution in [3.63, 3.8) is 0 Å². The van der Waals surface area contributed by atoms with E-state index in [4.69, 9.17) is 11.1 Å². The smallest absolute Gasteiger partial charge is 0.293 e. The Labute approximate surface area is 116 Å². The molecule has 0 aliphatic carbocycles. The molecule has 1 fully saturated rings. The van der Waals surface area contributed by atoms with Gasteiger partial charge in [-0.3, -0.25) is 9.13 Å². The predicted octanol–water partition coefficient (Wildman–Crippen LogP) is 2.51. The SMILES string of the molecule is CC(C)N1CCN(C(C)C)[Si]1(Cl)c1ccccc1. The molecule has 2 nitrogen and oxygen atoms in total. The molecule has 1 aromatic carbocycles. The molecule has 0 atom stereocenters. The number of rotatable bonds is 3. The Balaban J connectivity index is 2.45. The molecule has 1 heterocycles. The van der Waals surface area contributed by atoms with Crippen LogP contribution < -0.4 is 5.19 Å². The number of hydrogen-bond donors (Lipinski definition) is 0. The van der Waals surface area contributed by atoms with Gasteiger partial charge in [-0.15, -0.1) is 11.1 Å². The topological polar surface area (TPSA) is 6.48 Å². The number of benzene rings is 1. The van der Waals surface area contributed by atoms with E-state index in [0.717, 1.165) is 13.1 Å². The van der Waals surface area contributed by atoms with Gasteiger partial charge < -0.3 is 0 Å². The first-order chi connectivity index (χ1) is 8.48. The molecule has 1 aliphatic rings. The van der Waals surface area contributed by atoms with E-state index in [0.29, 0.717) is 12.1 Å². The van der Waals surface area contributed by atoms with Crippen LogP contribution in [0.1, 0.15) is 27.7 Å². The van der Waals surface area contributed by atoms with E-state index in [1.54, 1.807) is 0 Å². The third-order valence-corrected chi connectivity index (χ3v) is 9.76. The van der Waals surface area contributed by atoms with Crippen LogP contribution in [-0.4, -0.2) is 42.0 Å². The number of hydrogen-bond acceptors (Lipinski definition) is 2. The van der Waals surface area contributed by atoms with Crippen LogP contribution in [0.5, 0.6) is 0 Å². The summed E-state index contributed by atoms with van der Waals surface area (Å²) in [5.74, 6) is 0. The maximum Gasteiger partial charge on any atom is 0.340 e. The Hall–Kier alpha value is -0.353. The lowest BCUT2D eigenvalue weighted by Crippen LogP contribution is -2.66. The van der Waals surface area contributed by atoms with Crippen LogP contribution in [0.15, 0.2) is 30.3 Å². The second kappa shape index (κ2) is 5.33. The largest absolute Gasteiger partial charge is 0.340 e. The van der Waals surface area contributed by atoms with Gasteiger partial charge in [0, 0.05) is 13.1 Å². The summed E-state index contributed by atoms with van der Waals surface area (Å²) in [5, 5.41) is 1.31. The van der Waals surface area contributed by atoms with Gasteiger partial charge in [-0.1, -0.05) is 58.0 Å². The molecule has 0 unspecified atom stereocenters. The van der Waals surface area contributed by atoms with Crippen molar-refractivity contribution in [3.05, 3.63) is 30.3 Å². The molecule has 1 aliphatic heterocycles. The Bertz CT molecular complexity index is 378. The van der Waals surface area contributed by atoms with E-state index in [2.05, 4.69) is 67.2 Å². The van der Waals surface area contributed by atoms with Crippen molar-refractivity contribution in [1.82, 2.24) is 9.13 Å². The highest BCUT2D eigenvalue weighted by Gasteiger charge is 2.52. The van der Waals surface area contributed by atoms with Gasteiger partial charge in [0.1, 0.15) is 0 Å². The lowest BCUT2D eigenvalue weighted by atomic mass is 10.3. The molecule has 1 aromatic rings. The fourth-order valence-corrected chi connectivity index (χ4v) is 8.69. The molecule has 0 radical (unpaired) electrons. The van der Waals surface area contributed by atoms with Crippen molar-refractivity contribution in [2.75, 3.05) is 13.1 Å². The van der Waals surface area contributed by atoms with Gasteiger partial charge in [-0.05, 0) is 17.3 Å². The van der Waals surface area contributed by atoms with Crippen molar-refractivity contribution in [1.29, 1.82) is 0 Å². The third kappa shape index (κ3) is 2.25. The summed E-state index contributed by atoms with van der Waals surface area (Å²) in [6.45, 7) is 11.2. The molecule has 0 aromatic heterocycles. The van der Waals surface area contributed by atoms with Crippen LogP contribution in [0.3, 0.4) is 0 Å². The highest BCUT2D eigenvalue weighted by atomic mass is 35.6. The molecule has 0 N–H and O–H groups in total. The minimum Gasteiger partial charge on any atom is -0.293 e. The molecule has 0 amide bonds. The number of nitrogens with zero attached hydrogens (tertiary/aromatic N) is 2. The fourth-order valence-electron chi connectivity index (χ4n) is 2.86. The lowest BCUT2D eigenvalue weighted by molar-refractivity contribution is 0.390. The van der Waals surface area contributed by atoms with Crippen molar-refractivity contribution < 1.29 is 0 Å². The number of halogens is 1. The summed E-state index contributed by atoms with van der Waals surface area (Å²) in [7, 11) is -2.21. The Morgan fingerprint density at radius 2 is 1.39 bits per heavy atom. The average molecular weight is 283 g/mol. The molecule has 1 saturated heterocycles. The minimum absolute atomic E-state index is 0.498. The molecule has 0 saturated carbocycles. The van der Waals surface area contributed by atoms with Gasteiger partial charge in [0.05, 0.1) is 0 Å². The maximum absolute atomic E-state index is 7.21. The van der Waals surface area contributed by atoms with Gasteiger partial charge in [0.2, 0.25) is 0 Å². The van der Waals surface area contributed by atoms with Crippen LogP contribution in [-0.2, 0) is 0 Å². The summed E-state index contributed by atoms with van der Waals surface area (Å²) in [4.78, 5) is 0. The van der Waals surface area contributed by atoms with E-state index in [1.807, 2.05) is 0 Å². The van der Waals surface area contributed by atoms with Crippen molar-refractivity contribution in [2.24, 2.45) is 0 Å². The maximum atomic E-state index is 7.21. The summed E-state index contributed by atoms with van der Waals surface area (Å²) in [5.41, 5.74) is 0. The van der Waals surface area contributed by atoms with Gasteiger partial charge in [-0.25, -0.2) is 0 Å². The first-order valence-corrected chi connectivity index (χ1v) is 9.66. The van der Waals surface area contributed by atoms with Crippen molar-refractivity contribution in [2.45, 2.75) is 39.8 Å². The zero-order chi connectivity index (χ0) is 13.3. The summed E-state index contributed by atoms with van der Waals surface area (Å²) < 4.78 is 5.04. The van der Waals surface area contributed by atoms with Gasteiger partial charge in [0.25, 0.3) is 0 Å². The van der Waals surface area contributed by atoms with Gasteiger partial charge in [-0.2, -0.15) is 0 Å². The molecule has 0 spiro atoms. The van der Waals surface area contributed by atoms with Gasteiger partial charge in [0.15, 0.2) is 0 Å². The van der Waals surface area contributed by atoms with Crippen LogP contribution >= 0.6 is 11.1 Å². The lowest BCUT2D eigenvalue weighted by Gasteiger charge is -2.40. The second-order valence-corrected chi connectivity index (χ2v) is 10.0. The van der Waals surface area contributed by atoms with Crippen LogP contribution in [0.4, 0.5) is 0 Å². The van der Waals surface area contributed by atoms with Crippen molar-refractivity contribution in [3.8, 4) is 0 Å². The molecule has 2 rings (SSSR count). The van der Waals surface area contributed by atoms with E-state index in [1.165, 1.54) is 5.19 Å². The minimum atomic E-state index is -2.21. The predicted molar refractivity (Wildman–Crippen MR) is 81.4 cm³/mol. The monoisotopic (exact) mass is 282 g/mol. The standard InChI is InChI=1S/C14H23ClN2Si/c1-12(2)16-10-11-17(13(3)4)18(16,15)14-8-6-5-7-9-14/h5-9,12-13H,10-11H2,1-4H3. The fraction of sp³-hybridized carbons (Fsp3) is 0.571. The normalized spacial score (nSPS) is 21.1. The highest BCUT2D eigenvalue weighted by molar-refractivity contribution is 7.24. The first-order valence-electron chi connectivity index (χ1n) is 6.76. The molecule has 4 heteroatoms. The quantitative estimate of drug-likeness (QED) is 0.621. The summed E-state index contributed by atoms with van der Waals surface area (Å²) in [6.07, 6.45) is 0. The summed E-state index contributed by atoms with van der Waals surface area (Å²) in [6, 6.07) is 11.6.